The van der Waals surface area contributed by atoms with Gasteiger partial charge in [0.1, 0.15) is 0 Å². The lowest BCUT2D eigenvalue weighted by atomic mass is 10.3. The van der Waals surface area contributed by atoms with Gasteiger partial charge in [-0.25, -0.2) is 4.79 Å². The molecule has 1 amide bonds. The predicted molar refractivity (Wildman–Crippen MR) is 55.8 cm³/mol. The molecule has 7 heteroatoms. The van der Waals surface area contributed by atoms with Crippen molar-refractivity contribution in [3.8, 4) is 0 Å². The summed E-state index contributed by atoms with van der Waals surface area (Å²) in [6.07, 6.45) is -1.54. The van der Waals surface area contributed by atoms with E-state index in [1.165, 1.54) is 0 Å². The third-order valence-corrected chi connectivity index (χ3v) is 3.05. The number of carbonyl (C=O) groups excluding carboxylic acids is 1. The summed E-state index contributed by atoms with van der Waals surface area (Å²) in [4.78, 5) is 21.7. The maximum atomic E-state index is 11.4. The fraction of sp³-hybridized carbons (Fsp3) is 0.750. The van der Waals surface area contributed by atoms with Crippen LogP contribution in [0.4, 0.5) is 0 Å². The van der Waals surface area contributed by atoms with Crippen LogP contribution in [0.3, 0.4) is 0 Å². The molecule has 1 unspecified atom stereocenters. The van der Waals surface area contributed by atoms with Gasteiger partial charge in [0, 0.05) is 18.1 Å². The van der Waals surface area contributed by atoms with E-state index in [1.54, 1.807) is 11.8 Å². The fourth-order valence-electron chi connectivity index (χ4n) is 1.14. The van der Waals surface area contributed by atoms with Gasteiger partial charge in [0.2, 0.25) is 5.91 Å². The zero-order valence-electron chi connectivity index (χ0n) is 8.10. The van der Waals surface area contributed by atoms with E-state index in [2.05, 4.69) is 10.6 Å². The number of thioether (sulfide) groups is 1. The SMILES string of the molecule is O=C(NC[C@H](O)C(=O)O)C1CSCCN1. The minimum Gasteiger partial charge on any atom is -0.479 e. The summed E-state index contributed by atoms with van der Waals surface area (Å²) < 4.78 is 0. The molecule has 0 bridgehead atoms. The largest absolute Gasteiger partial charge is 0.479 e. The van der Waals surface area contributed by atoms with Crippen molar-refractivity contribution in [1.29, 1.82) is 0 Å². The highest BCUT2D eigenvalue weighted by Gasteiger charge is 2.22. The van der Waals surface area contributed by atoms with E-state index in [1.807, 2.05) is 0 Å². The van der Waals surface area contributed by atoms with Gasteiger partial charge in [-0.1, -0.05) is 0 Å². The highest BCUT2D eigenvalue weighted by molar-refractivity contribution is 7.99. The molecule has 15 heavy (non-hydrogen) atoms. The summed E-state index contributed by atoms with van der Waals surface area (Å²) >= 11 is 1.67. The van der Waals surface area contributed by atoms with Gasteiger partial charge in [-0.15, -0.1) is 0 Å². The highest BCUT2D eigenvalue weighted by atomic mass is 32.2. The molecular formula is C8H14N2O4S. The molecule has 1 fully saturated rings. The second kappa shape index (κ2) is 5.94. The molecule has 1 saturated heterocycles. The van der Waals surface area contributed by atoms with Crippen LogP contribution in [0.1, 0.15) is 0 Å². The number of nitrogens with one attached hydrogen (secondary N) is 2. The number of carboxylic acids is 1. The van der Waals surface area contributed by atoms with Crippen molar-refractivity contribution in [3.63, 3.8) is 0 Å². The van der Waals surface area contributed by atoms with Crippen molar-refractivity contribution in [2.75, 3.05) is 24.6 Å². The minimum absolute atomic E-state index is 0.253. The Morgan fingerprint density at radius 1 is 1.60 bits per heavy atom. The molecule has 6 nitrogen and oxygen atoms in total. The number of amides is 1. The molecule has 1 aliphatic heterocycles. The Balaban J connectivity index is 2.25. The summed E-state index contributed by atoms with van der Waals surface area (Å²) in [6.45, 7) is 0.515. The number of aliphatic carboxylic acids is 1. The van der Waals surface area contributed by atoms with Crippen LogP contribution in [-0.4, -0.2) is 58.8 Å². The molecule has 1 rings (SSSR count). The Kier molecular flexibility index (Phi) is 4.86. The quantitative estimate of drug-likeness (QED) is 0.460. The van der Waals surface area contributed by atoms with Crippen LogP contribution < -0.4 is 10.6 Å². The lowest BCUT2D eigenvalue weighted by Gasteiger charge is -2.22. The molecule has 0 aromatic rings. The van der Waals surface area contributed by atoms with Crippen molar-refractivity contribution in [3.05, 3.63) is 0 Å². The van der Waals surface area contributed by atoms with Crippen molar-refractivity contribution in [2.45, 2.75) is 12.1 Å². The standard InChI is InChI=1S/C8H14N2O4S/c11-6(8(13)14)3-10-7(12)5-4-15-2-1-9-5/h5-6,9,11H,1-4H2,(H,10,12)(H,13,14)/t5?,6-/m0/s1. The monoisotopic (exact) mass is 234 g/mol. The lowest BCUT2D eigenvalue weighted by molar-refractivity contribution is -0.146. The third-order valence-electron chi connectivity index (χ3n) is 1.99. The van der Waals surface area contributed by atoms with E-state index in [-0.39, 0.29) is 18.5 Å². The molecular weight excluding hydrogens is 220 g/mol. The summed E-state index contributed by atoms with van der Waals surface area (Å²) in [5.41, 5.74) is 0. The topological polar surface area (TPSA) is 98.7 Å². The van der Waals surface area contributed by atoms with E-state index < -0.39 is 12.1 Å². The molecule has 0 aromatic carbocycles. The van der Waals surface area contributed by atoms with Crippen molar-refractivity contribution >= 4 is 23.6 Å². The van der Waals surface area contributed by atoms with Crippen LogP contribution in [0.5, 0.6) is 0 Å². The maximum Gasteiger partial charge on any atom is 0.334 e. The van der Waals surface area contributed by atoms with E-state index in [0.717, 1.165) is 12.3 Å². The molecule has 1 heterocycles. The summed E-state index contributed by atoms with van der Waals surface area (Å²) in [5, 5.41) is 22.7. The van der Waals surface area contributed by atoms with Crippen LogP contribution in [0.15, 0.2) is 0 Å². The van der Waals surface area contributed by atoms with Gasteiger partial charge in [0.25, 0.3) is 0 Å². The number of rotatable bonds is 4. The number of aliphatic hydroxyl groups excluding tert-OH is 1. The van der Waals surface area contributed by atoms with E-state index in [9.17, 15) is 9.59 Å². The molecule has 0 spiro atoms. The van der Waals surface area contributed by atoms with Crippen LogP contribution >= 0.6 is 11.8 Å². The zero-order valence-corrected chi connectivity index (χ0v) is 8.92. The second-order valence-corrected chi connectivity index (χ2v) is 4.33. The maximum absolute atomic E-state index is 11.4. The molecule has 2 atom stereocenters. The van der Waals surface area contributed by atoms with Crippen LogP contribution in [0, 0.1) is 0 Å². The summed E-state index contributed by atoms with van der Waals surface area (Å²) in [5.74, 6) is 0.0556. The Bertz CT molecular complexity index is 243. The van der Waals surface area contributed by atoms with Gasteiger partial charge < -0.3 is 20.8 Å². The number of aliphatic hydroxyl groups is 1. The number of hydrogen-bond acceptors (Lipinski definition) is 5. The minimum atomic E-state index is -1.54. The highest BCUT2D eigenvalue weighted by Crippen LogP contribution is 2.07. The number of hydrogen-bond donors (Lipinski definition) is 4. The Morgan fingerprint density at radius 2 is 2.33 bits per heavy atom. The average molecular weight is 234 g/mol. The summed E-state index contributed by atoms with van der Waals surface area (Å²) in [6, 6.07) is -0.287. The number of carboxylic acid groups (broad SMARTS) is 1. The molecule has 0 radical (unpaired) electrons. The summed E-state index contributed by atoms with van der Waals surface area (Å²) in [7, 11) is 0. The van der Waals surface area contributed by atoms with E-state index >= 15 is 0 Å². The van der Waals surface area contributed by atoms with Crippen molar-refractivity contribution in [2.24, 2.45) is 0 Å². The Hall–Kier alpha value is -0.790. The van der Waals surface area contributed by atoms with Gasteiger partial charge in [-0.3, -0.25) is 4.79 Å². The first-order valence-corrected chi connectivity index (χ1v) is 5.76. The molecule has 1 aliphatic rings. The number of carbonyl (C=O) groups is 2. The van der Waals surface area contributed by atoms with E-state index in [4.69, 9.17) is 10.2 Å². The second-order valence-electron chi connectivity index (χ2n) is 3.18. The Labute approximate surface area is 91.4 Å². The van der Waals surface area contributed by atoms with Gasteiger partial charge in [-0.05, 0) is 0 Å². The fourth-order valence-corrected chi connectivity index (χ4v) is 2.08. The molecule has 86 valence electrons. The zero-order chi connectivity index (χ0) is 11.3. The average Bonchev–Trinajstić information content (AvgIpc) is 2.26. The molecule has 0 aliphatic carbocycles. The van der Waals surface area contributed by atoms with Gasteiger partial charge in [0.05, 0.1) is 12.6 Å². The normalized spacial score (nSPS) is 23.1. The molecule has 0 aromatic heterocycles. The van der Waals surface area contributed by atoms with E-state index in [0.29, 0.717) is 5.75 Å². The van der Waals surface area contributed by atoms with Crippen LogP contribution in [0.2, 0.25) is 0 Å². The van der Waals surface area contributed by atoms with Crippen molar-refractivity contribution in [1.82, 2.24) is 10.6 Å². The molecule has 0 saturated carbocycles. The van der Waals surface area contributed by atoms with Gasteiger partial charge in [-0.2, -0.15) is 11.8 Å². The molecule has 4 N–H and O–H groups in total. The lowest BCUT2D eigenvalue weighted by Crippen LogP contribution is -2.50. The first-order valence-electron chi connectivity index (χ1n) is 4.61. The van der Waals surface area contributed by atoms with Gasteiger partial charge >= 0.3 is 5.97 Å². The van der Waals surface area contributed by atoms with Crippen LogP contribution in [-0.2, 0) is 9.59 Å². The smallest absolute Gasteiger partial charge is 0.334 e. The predicted octanol–water partition coefficient (Wildman–Crippen LogP) is -1.75. The Morgan fingerprint density at radius 3 is 2.87 bits per heavy atom. The van der Waals surface area contributed by atoms with Gasteiger partial charge in [0.15, 0.2) is 6.10 Å². The van der Waals surface area contributed by atoms with Crippen molar-refractivity contribution < 1.29 is 19.8 Å². The first kappa shape index (κ1) is 12.3. The first-order chi connectivity index (χ1) is 7.11. The van der Waals surface area contributed by atoms with Crippen LogP contribution in [0.25, 0.3) is 0 Å². The third kappa shape index (κ3) is 4.06.